The van der Waals surface area contributed by atoms with Crippen LogP contribution in [-0.2, 0) is 13.8 Å². The molecule has 2 rings (SSSR count). The summed E-state index contributed by atoms with van der Waals surface area (Å²) < 4.78 is 54.8. The van der Waals surface area contributed by atoms with Crippen LogP contribution >= 0.6 is 10.7 Å². The van der Waals surface area contributed by atoms with Gasteiger partial charge in [-0.2, -0.15) is 0 Å². The molecule has 5 nitrogen and oxygen atoms in total. The predicted molar refractivity (Wildman–Crippen MR) is 68.4 cm³/mol. The molecule has 20 heavy (non-hydrogen) atoms. The number of amides is 1. The zero-order valence-electron chi connectivity index (χ0n) is 10.3. The van der Waals surface area contributed by atoms with Crippen LogP contribution in [-0.4, -0.2) is 33.2 Å². The van der Waals surface area contributed by atoms with E-state index in [9.17, 15) is 22.0 Å². The first-order chi connectivity index (χ1) is 9.24. The van der Waals surface area contributed by atoms with Gasteiger partial charge in [0.2, 0.25) is 15.0 Å². The molecule has 1 amide bonds. The number of methoxy groups -OCH3 is 1. The lowest BCUT2D eigenvalue weighted by Crippen LogP contribution is -2.28. The van der Waals surface area contributed by atoms with E-state index in [1.807, 2.05) is 0 Å². The zero-order chi connectivity index (χ0) is 15.1. The van der Waals surface area contributed by atoms with Crippen LogP contribution in [0.25, 0.3) is 0 Å². The van der Waals surface area contributed by atoms with E-state index in [-0.39, 0.29) is 12.3 Å². The van der Waals surface area contributed by atoms with Crippen LogP contribution in [0.5, 0.6) is 5.75 Å². The molecule has 0 aromatic heterocycles. The molecular formula is C11H10ClF2NO4S. The minimum absolute atomic E-state index is 0.0445. The molecule has 0 spiro atoms. The maximum absolute atomic E-state index is 13.9. The van der Waals surface area contributed by atoms with Gasteiger partial charge in [0.25, 0.3) is 0 Å². The Hall–Kier alpha value is -1.41. The number of hydrogen-bond acceptors (Lipinski definition) is 4. The second-order valence-corrected chi connectivity index (χ2v) is 7.15. The van der Waals surface area contributed by atoms with Crippen molar-refractivity contribution >= 4 is 31.3 Å². The minimum atomic E-state index is -3.97. The highest BCUT2D eigenvalue weighted by atomic mass is 35.7. The third kappa shape index (κ3) is 2.71. The van der Waals surface area contributed by atoms with Crippen molar-refractivity contribution in [3.8, 4) is 5.75 Å². The molecule has 110 valence electrons. The van der Waals surface area contributed by atoms with Crippen molar-refractivity contribution in [2.75, 3.05) is 18.6 Å². The average molecular weight is 326 g/mol. The van der Waals surface area contributed by atoms with E-state index >= 15 is 0 Å². The Labute approximate surface area is 118 Å². The lowest BCUT2D eigenvalue weighted by Gasteiger charge is -2.18. The number of benzene rings is 1. The molecule has 9 heteroatoms. The van der Waals surface area contributed by atoms with Crippen molar-refractivity contribution in [3.63, 3.8) is 0 Å². The van der Waals surface area contributed by atoms with E-state index < -0.39 is 44.0 Å². The molecule has 1 aliphatic heterocycles. The summed E-state index contributed by atoms with van der Waals surface area (Å²) in [4.78, 5) is 12.5. The lowest BCUT2D eigenvalue weighted by atomic mass is 10.2. The number of hydrogen-bond donors (Lipinski definition) is 0. The Morgan fingerprint density at radius 1 is 1.35 bits per heavy atom. The van der Waals surface area contributed by atoms with Gasteiger partial charge in [0.05, 0.1) is 7.11 Å². The molecule has 0 bridgehead atoms. The predicted octanol–water partition coefficient (Wildman–Crippen LogP) is 1.65. The lowest BCUT2D eigenvalue weighted by molar-refractivity contribution is -0.117. The van der Waals surface area contributed by atoms with Gasteiger partial charge in [0, 0.05) is 35.8 Å². The number of rotatable bonds is 3. The first-order valence-electron chi connectivity index (χ1n) is 5.51. The highest BCUT2D eigenvalue weighted by Crippen LogP contribution is 2.33. The van der Waals surface area contributed by atoms with Crippen molar-refractivity contribution in [1.29, 1.82) is 0 Å². The molecule has 1 unspecified atom stereocenters. The molecule has 1 atom stereocenters. The summed E-state index contributed by atoms with van der Waals surface area (Å²) in [6.07, 6.45) is -0.406. The fourth-order valence-corrected chi connectivity index (χ4v) is 3.02. The quantitative estimate of drug-likeness (QED) is 0.793. The van der Waals surface area contributed by atoms with Crippen LogP contribution in [0.3, 0.4) is 0 Å². The van der Waals surface area contributed by atoms with Gasteiger partial charge in [-0.25, -0.2) is 17.2 Å². The van der Waals surface area contributed by atoms with Gasteiger partial charge in [0.15, 0.2) is 11.6 Å². The van der Waals surface area contributed by atoms with E-state index in [0.29, 0.717) is 0 Å². The van der Waals surface area contributed by atoms with Crippen molar-refractivity contribution in [2.24, 2.45) is 0 Å². The molecule has 1 aromatic carbocycles. The summed E-state index contributed by atoms with van der Waals surface area (Å²) in [5, 5.41) is -1.18. The molecule has 0 N–H and O–H groups in total. The van der Waals surface area contributed by atoms with E-state index in [0.717, 1.165) is 17.0 Å². The van der Waals surface area contributed by atoms with Gasteiger partial charge < -0.3 is 9.64 Å². The summed E-state index contributed by atoms with van der Waals surface area (Å²) in [5.41, 5.74) is -0.599. The van der Waals surface area contributed by atoms with Gasteiger partial charge >= 0.3 is 0 Å². The highest BCUT2D eigenvalue weighted by Gasteiger charge is 2.40. The maximum Gasteiger partial charge on any atom is 0.237 e. The molecule has 1 fully saturated rings. The molecule has 1 aliphatic rings. The number of anilines is 1. The Bertz CT molecular complexity index is 641. The summed E-state index contributed by atoms with van der Waals surface area (Å²) in [5.74, 6) is -2.77. The van der Waals surface area contributed by atoms with E-state index in [4.69, 9.17) is 15.4 Å². The molecular weight excluding hydrogens is 316 g/mol. The summed E-state index contributed by atoms with van der Waals surface area (Å²) >= 11 is 0. The monoisotopic (exact) mass is 325 g/mol. The summed E-state index contributed by atoms with van der Waals surface area (Å²) in [6.45, 7) is -0.384. The highest BCUT2D eigenvalue weighted by molar-refractivity contribution is 8.14. The Balaban J connectivity index is 2.41. The summed E-state index contributed by atoms with van der Waals surface area (Å²) in [7, 11) is 2.44. The normalized spacial score (nSPS) is 19.5. The molecule has 0 aliphatic carbocycles. The molecule has 1 heterocycles. The van der Waals surface area contributed by atoms with Gasteiger partial charge in [0.1, 0.15) is 16.7 Å². The Morgan fingerprint density at radius 2 is 1.90 bits per heavy atom. The average Bonchev–Trinajstić information content (AvgIpc) is 2.70. The van der Waals surface area contributed by atoms with Crippen LogP contribution in [0, 0.1) is 11.6 Å². The van der Waals surface area contributed by atoms with Crippen LogP contribution in [0.2, 0.25) is 0 Å². The SMILES string of the molecule is COc1cc(F)c(N2CC(S(=O)(=O)Cl)CC2=O)c(F)c1. The van der Waals surface area contributed by atoms with Crippen molar-refractivity contribution in [1.82, 2.24) is 0 Å². The Kier molecular flexibility index (Phi) is 3.88. The van der Waals surface area contributed by atoms with Gasteiger partial charge in [-0.05, 0) is 0 Å². The zero-order valence-corrected chi connectivity index (χ0v) is 11.8. The third-order valence-electron chi connectivity index (χ3n) is 2.98. The van der Waals surface area contributed by atoms with E-state index in [1.165, 1.54) is 7.11 Å². The van der Waals surface area contributed by atoms with Crippen molar-refractivity contribution in [2.45, 2.75) is 11.7 Å². The smallest absolute Gasteiger partial charge is 0.237 e. The van der Waals surface area contributed by atoms with Crippen LogP contribution in [0.1, 0.15) is 6.42 Å². The third-order valence-corrected chi connectivity index (χ3v) is 4.85. The van der Waals surface area contributed by atoms with Gasteiger partial charge in [-0.1, -0.05) is 0 Å². The first kappa shape index (κ1) is 15.0. The minimum Gasteiger partial charge on any atom is -0.497 e. The number of nitrogens with zero attached hydrogens (tertiary/aromatic N) is 1. The van der Waals surface area contributed by atoms with Crippen LogP contribution < -0.4 is 9.64 Å². The standard InChI is InChI=1S/C11H10ClF2NO4S/c1-19-6-2-8(13)11(9(14)3-6)15-5-7(4-10(15)16)20(12,17)18/h2-3,7H,4-5H2,1H3. The second-order valence-electron chi connectivity index (χ2n) is 4.25. The van der Waals surface area contributed by atoms with Crippen LogP contribution in [0.15, 0.2) is 12.1 Å². The van der Waals surface area contributed by atoms with Gasteiger partial charge in [-0.15, -0.1) is 0 Å². The number of carbonyl (C=O) groups excluding carboxylic acids is 1. The fraction of sp³-hybridized carbons (Fsp3) is 0.364. The number of halogens is 3. The topological polar surface area (TPSA) is 63.7 Å². The molecule has 1 saturated heterocycles. The largest absolute Gasteiger partial charge is 0.497 e. The summed E-state index contributed by atoms with van der Waals surface area (Å²) in [6, 6.07) is 1.82. The van der Waals surface area contributed by atoms with E-state index in [2.05, 4.69) is 0 Å². The van der Waals surface area contributed by atoms with Gasteiger partial charge in [-0.3, -0.25) is 4.79 Å². The Morgan fingerprint density at radius 3 is 2.30 bits per heavy atom. The number of carbonyl (C=O) groups is 1. The van der Waals surface area contributed by atoms with Crippen LogP contribution in [0.4, 0.5) is 14.5 Å². The fourth-order valence-electron chi connectivity index (χ4n) is 2.00. The molecule has 0 saturated carbocycles. The van der Waals surface area contributed by atoms with Crippen molar-refractivity contribution < 1.29 is 26.7 Å². The molecule has 1 aromatic rings. The maximum atomic E-state index is 13.9. The number of ether oxygens (including phenoxy) is 1. The molecule has 0 radical (unpaired) electrons. The first-order valence-corrected chi connectivity index (χ1v) is 7.88. The van der Waals surface area contributed by atoms with Crippen molar-refractivity contribution in [3.05, 3.63) is 23.8 Å². The van der Waals surface area contributed by atoms with E-state index in [1.54, 1.807) is 0 Å². The second kappa shape index (κ2) is 5.17.